The Morgan fingerprint density at radius 1 is 1.04 bits per heavy atom. The lowest BCUT2D eigenvalue weighted by molar-refractivity contribution is 0.238. The van der Waals surface area contributed by atoms with Crippen LogP contribution < -0.4 is 10.3 Å². The smallest absolute Gasteiger partial charge is 0.270 e. The van der Waals surface area contributed by atoms with Crippen molar-refractivity contribution in [3.63, 3.8) is 0 Å². The summed E-state index contributed by atoms with van der Waals surface area (Å²) in [4.78, 5) is 15.0. The molecule has 0 spiro atoms. The highest BCUT2D eigenvalue weighted by molar-refractivity contribution is 5.33. The number of aromatic amines is 1. The first-order valence-corrected chi connectivity index (χ1v) is 8.93. The molecule has 5 nitrogen and oxygen atoms in total. The first kappa shape index (κ1) is 16.7. The normalized spacial score (nSPS) is 14.2. The monoisotopic (exact) mass is 349 g/mol. The summed E-state index contributed by atoms with van der Waals surface area (Å²) in [6.07, 6.45) is 0.779. The summed E-state index contributed by atoms with van der Waals surface area (Å²) in [5.41, 5.74) is 4.37. The number of fused-ring (bicyclic) bond motifs is 1. The van der Waals surface area contributed by atoms with Gasteiger partial charge in [0.1, 0.15) is 5.75 Å². The number of H-pyrrole nitrogens is 1. The maximum Gasteiger partial charge on any atom is 0.270 e. The molecule has 0 radical (unpaired) electrons. The fraction of sp³-hybridized carbons (Fsp3) is 0.286. The molecule has 3 aromatic rings. The van der Waals surface area contributed by atoms with Crippen molar-refractivity contribution < 1.29 is 4.74 Å². The van der Waals surface area contributed by atoms with Gasteiger partial charge in [-0.2, -0.15) is 0 Å². The van der Waals surface area contributed by atoms with Gasteiger partial charge in [0.05, 0.1) is 19.3 Å². The summed E-state index contributed by atoms with van der Waals surface area (Å²) in [5.74, 6) is 0.911. The highest BCUT2D eigenvalue weighted by Crippen LogP contribution is 2.22. The second kappa shape index (κ2) is 7.22. The Hall–Kier alpha value is -2.79. The summed E-state index contributed by atoms with van der Waals surface area (Å²) < 4.78 is 7.19. The highest BCUT2D eigenvalue weighted by atomic mass is 16.5. The number of rotatable bonds is 5. The van der Waals surface area contributed by atoms with Gasteiger partial charge in [0.15, 0.2) is 0 Å². The molecule has 2 heterocycles. The number of hydrogen-bond acceptors (Lipinski definition) is 3. The lowest BCUT2D eigenvalue weighted by atomic mass is 10.1. The summed E-state index contributed by atoms with van der Waals surface area (Å²) >= 11 is 0. The lowest BCUT2D eigenvalue weighted by Crippen LogP contribution is -2.31. The molecule has 0 bridgehead atoms. The summed E-state index contributed by atoms with van der Waals surface area (Å²) in [6, 6.07) is 18.2. The summed E-state index contributed by atoms with van der Waals surface area (Å²) in [7, 11) is 1.70. The van der Waals surface area contributed by atoms with Crippen LogP contribution in [0.15, 0.2) is 59.4 Å². The van der Waals surface area contributed by atoms with Crippen LogP contribution in [0.4, 0.5) is 0 Å². The van der Waals surface area contributed by atoms with E-state index < -0.39 is 0 Å². The van der Waals surface area contributed by atoms with E-state index >= 15 is 0 Å². The second-order valence-electron chi connectivity index (χ2n) is 6.72. The third-order valence-corrected chi connectivity index (χ3v) is 4.97. The molecule has 0 atom stereocenters. The molecular formula is C21H23N3O2. The van der Waals surface area contributed by atoms with Gasteiger partial charge in [-0.1, -0.05) is 48.5 Å². The van der Waals surface area contributed by atoms with Crippen LogP contribution in [0.1, 0.15) is 22.4 Å². The maximum absolute atomic E-state index is 12.7. The van der Waals surface area contributed by atoms with Crippen LogP contribution in [0.25, 0.3) is 0 Å². The van der Waals surface area contributed by atoms with Crippen molar-refractivity contribution in [1.82, 2.24) is 14.7 Å². The Labute approximate surface area is 152 Å². The van der Waals surface area contributed by atoms with Crippen LogP contribution in [-0.2, 0) is 26.1 Å². The van der Waals surface area contributed by atoms with Gasteiger partial charge in [0, 0.05) is 30.8 Å². The van der Waals surface area contributed by atoms with Crippen LogP contribution in [0.2, 0.25) is 0 Å². The molecule has 5 heteroatoms. The molecule has 1 aromatic heterocycles. The topological polar surface area (TPSA) is 50.3 Å². The average molecular weight is 349 g/mol. The van der Waals surface area contributed by atoms with Gasteiger partial charge in [0.25, 0.3) is 5.56 Å². The fourth-order valence-electron chi connectivity index (χ4n) is 3.62. The van der Waals surface area contributed by atoms with E-state index in [1.807, 2.05) is 48.5 Å². The SMILES string of the molecule is COc1ccccc1CN1CCc2c([nH]n(Cc3ccccc3)c2=O)C1. The van der Waals surface area contributed by atoms with E-state index in [2.05, 4.69) is 16.1 Å². The minimum atomic E-state index is 0.112. The molecule has 134 valence electrons. The number of aromatic nitrogens is 2. The van der Waals surface area contributed by atoms with Crippen molar-refractivity contribution in [1.29, 1.82) is 0 Å². The largest absolute Gasteiger partial charge is 0.496 e. The molecule has 0 aliphatic carbocycles. The quantitative estimate of drug-likeness (QED) is 0.771. The average Bonchev–Trinajstić information content (AvgIpc) is 2.98. The Bertz CT molecular complexity index is 943. The molecule has 1 aliphatic rings. The van der Waals surface area contributed by atoms with E-state index in [0.717, 1.165) is 48.6 Å². The Morgan fingerprint density at radius 3 is 2.62 bits per heavy atom. The van der Waals surface area contributed by atoms with E-state index in [0.29, 0.717) is 6.54 Å². The number of benzene rings is 2. The first-order valence-electron chi connectivity index (χ1n) is 8.93. The van der Waals surface area contributed by atoms with Crippen molar-refractivity contribution in [3.05, 3.63) is 87.3 Å². The van der Waals surface area contributed by atoms with Gasteiger partial charge in [-0.15, -0.1) is 0 Å². The molecule has 0 saturated heterocycles. The predicted molar refractivity (Wildman–Crippen MR) is 101 cm³/mol. The van der Waals surface area contributed by atoms with Gasteiger partial charge in [-0.3, -0.25) is 14.8 Å². The van der Waals surface area contributed by atoms with Crippen molar-refractivity contribution in [2.45, 2.75) is 26.1 Å². The Balaban J connectivity index is 1.52. The second-order valence-corrected chi connectivity index (χ2v) is 6.72. The molecule has 0 fully saturated rings. The van der Waals surface area contributed by atoms with Gasteiger partial charge in [-0.25, -0.2) is 4.68 Å². The standard InChI is InChI=1S/C21H23N3O2/c1-26-20-10-6-5-9-17(20)14-23-12-11-18-19(15-23)22-24(21(18)25)13-16-7-3-2-4-8-16/h2-10,22H,11-15H2,1H3. The number of nitrogens with one attached hydrogen (secondary N) is 1. The molecule has 0 saturated carbocycles. The minimum Gasteiger partial charge on any atom is -0.496 e. The molecule has 1 aliphatic heterocycles. The number of hydrogen-bond donors (Lipinski definition) is 1. The molecule has 26 heavy (non-hydrogen) atoms. The van der Waals surface area contributed by atoms with Gasteiger partial charge < -0.3 is 4.74 Å². The third-order valence-electron chi connectivity index (χ3n) is 4.97. The van der Waals surface area contributed by atoms with E-state index in [-0.39, 0.29) is 5.56 Å². The lowest BCUT2D eigenvalue weighted by Gasteiger charge is -2.26. The van der Waals surface area contributed by atoms with E-state index in [4.69, 9.17) is 4.74 Å². The minimum absolute atomic E-state index is 0.112. The van der Waals surface area contributed by atoms with E-state index in [1.165, 1.54) is 5.56 Å². The molecular weight excluding hydrogens is 326 g/mol. The molecule has 1 N–H and O–H groups in total. The Kier molecular flexibility index (Phi) is 4.63. The van der Waals surface area contributed by atoms with Crippen LogP contribution in [0, 0.1) is 0 Å². The molecule has 0 unspecified atom stereocenters. The number of nitrogens with zero attached hydrogens (tertiary/aromatic N) is 2. The van der Waals surface area contributed by atoms with Crippen LogP contribution in [0.5, 0.6) is 5.75 Å². The molecule has 0 amide bonds. The van der Waals surface area contributed by atoms with Crippen molar-refractivity contribution >= 4 is 0 Å². The zero-order chi connectivity index (χ0) is 17.9. The fourth-order valence-corrected chi connectivity index (χ4v) is 3.62. The number of methoxy groups -OCH3 is 1. The number of para-hydroxylation sites is 1. The summed E-state index contributed by atoms with van der Waals surface area (Å²) in [5, 5.41) is 3.33. The van der Waals surface area contributed by atoms with Crippen molar-refractivity contribution in [2.75, 3.05) is 13.7 Å². The van der Waals surface area contributed by atoms with Crippen LogP contribution >= 0.6 is 0 Å². The zero-order valence-electron chi connectivity index (χ0n) is 14.9. The van der Waals surface area contributed by atoms with Crippen LogP contribution in [0.3, 0.4) is 0 Å². The van der Waals surface area contributed by atoms with Gasteiger partial charge in [0.2, 0.25) is 0 Å². The third kappa shape index (κ3) is 3.30. The van der Waals surface area contributed by atoms with Crippen molar-refractivity contribution in [2.24, 2.45) is 0 Å². The van der Waals surface area contributed by atoms with E-state index in [9.17, 15) is 4.79 Å². The predicted octanol–water partition coefficient (Wildman–Crippen LogP) is 2.79. The van der Waals surface area contributed by atoms with E-state index in [1.54, 1.807) is 11.8 Å². The van der Waals surface area contributed by atoms with Crippen LogP contribution in [-0.4, -0.2) is 28.3 Å². The zero-order valence-corrected chi connectivity index (χ0v) is 14.9. The maximum atomic E-state index is 12.7. The molecule has 2 aromatic carbocycles. The first-order chi connectivity index (χ1) is 12.7. The summed E-state index contributed by atoms with van der Waals surface area (Å²) in [6.45, 7) is 3.03. The highest BCUT2D eigenvalue weighted by Gasteiger charge is 2.23. The van der Waals surface area contributed by atoms with Crippen molar-refractivity contribution in [3.8, 4) is 5.75 Å². The van der Waals surface area contributed by atoms with Gasteiger partial charge >= 0.3 is 0 Å². The molecule has 4 rings (SSSR count). The number of ether oxygens (including phenoxy) is 1. The van der Waals surface area contributed by atoms with Gasteiger partial charge in [-0.05, 0) is 18.1 Å². The Morgan fingerprint density at radius 2 is 1.81 bits per heavy atom.